The van der Waals surface area contributed by atoms with E-state index in [0.29, 0.717) is 5.75 Å². The van der Waals surface area contributed by atoms with Gasteiger partial charge in [0.05, 0.1) is 6.16 Å². The Kier molecular flexibility index (Phi) is 7.31. The molecule has 0 heterocycles. The molecule has 0 radical (unpaired) electrons. The van der Waals surface area contributed by atoms with Crippen LogP contribution in [0.25, 0.3) is 0 Å². The summed E-state index contributed by atoms with van der Waals surface area (Å²) in [4.78, 5) is 0. The van der Waals surface area contributed by atoms with Crippen LogP contribution in [0.4, 0.5) is 4.39 Å². The SMILES string of the molecule is CC(C)(C)[Si](C)(C)Oc1ccc(C[P+](c2ccccc2)(c2ccccc2)c2ccccc2)cc1F. The van der Waals surface area contributed by atoms with Gasteiger partial charge in [0.25, 0.3) is 8.32 Å². The Morgan fingerprint density at radius 3 is 1.49 bits per heavy atom. The predicted molar refractivity (Wildman–Crippen MR) is 153 cm³/mol. The van der Waals surface area contributed by atoms with Crippen LogP contribution in [0.2, 0.25) is 18.1 Å². The molecule has 0 spiro atoms. The molecule has 0 unspecified atom stereocenters. The van der Waals surface area contributed by atoms with E-state index in [4.69, 9.17) is 4.43 Å². The molecule has 180 valence electrons. The molecule has 35 heavy (non-hydrogen) atoms. The lowest BCUT2D eigenvalue weighted by atomic mass is 10.2. The van der Waals surface area contributed by atoms with E-state index in [-0.39, 0.29) is 10.9 Å². The lowest BCUT2D eigenvalue weighted by Crippen LogP contribution is -2.44. The minimum absolute atomic E-state index is 0.00667. The molecule has 0 aliphatic carbocycles. The van der Waals surface area contributed by atoms with E-state index in [2.05, 4.69) is 131 Å². The van der Waals surface area contributed by atoms with E-state index < -0.39 is 15.6 Å². The Bertz CT molecular complexity index is 1160. The van der Waals surface area contributed by atoms with Gasteiger partial charge in [-0.15, -0.1) is 0 Å². The van der Waals surface area contributed by atoms with Crippen molar-refractivity contribution < 1.29 is 8.82 Å². The van der Waals surface area contributed by atoms with Crippen LogP contribution in [0, 0.1) is 5.82 Å². The van der Waals surface area contributed by atoms with Gasteiger partial charge in [-0.05, 0) is 72.2 Å². The van der Waals surface area contributed by atoms with Crippen LogP contribution in [-0.2, 0) is 6.16 Å². The van der Waals surface area contributed by atoms with Crippen molar-refractivity contribution in [1.82, 2.24) is 0 Å². The summed E-state index contributed by atoms with van der Waals surface area (Å²) < 4.78 is 21.8. The van der Waals surface area contributed by atoms with Crippen molar-refractivity contribution in [3.05, 3.63) is 121 Å². The minimum Gasteiger partial charge on any atom is -0.542 e. The average Bonchev–Trinajstić information content (AvgIpc) is 2.85. The summed E-state index contributed by atoms with van der Waals surface area (Å²) in [5.41, 5.74) is 0.981. The first kappa shape index (κ1) is 25.4. The van der Waals surface area contributed by atoms with Gasteiger partial charge in [0.15, 0.2) is 5.82 Å². The molecule has 4 aromatic carbocycles. The van der Waals surface area contributed by atoms with Gasteiger partial charge in [0.1, 0.15) is 28.9 Å². The first-order valence-electron chi connectivity index (χ1n) is 12.2. The lowest BCUT2D eigenvalue weighted by Gasteiger charge is -2.36. The van der Waals surface area contributed by atoms with Gasteiger partial charge in [-0.1, -0.05) is 81.4 Å². The third-order valence-electron chi connectivity index (χ3n) is 7.18. The zero-order chi connectivity index (χ0) is 25.1. The number of halogens is 1. The highest BCUT2D eigenvalue weighted by molar-refractivity contribution is 7.95. The van der Waals surface area contributed by atoms with E-state index in [1.165, 1.54) is 15.9 Å². The molecule has 0 saturated carbocycles. The first-order valence-corrected chi connectivity index (χ1v) is 17.0. The second-order valence-corrected chi connectivity index (χ2v) is 18.8. The molecule has 0 fully saturated rings. The molecule has 4 aromatic rings. The molecule has 0 bridgehead atoms. The summed E-state index contributed by atoms with van der Waals surface area (Å²) >= 11 is 0. The number of benzene rings is 4. The number of hydrogen-bond acceptors (Lipinski definition) is 1. The second kappa shape index (κ2) is 10.1. The molecule has 0 aliphatic rings. The summed E-state index contributed by atoms with van der Waals surface area (Å²) in [6, 6.07) is 37.7. The van der Waals surface area contributed by atoms with E-state index in [9.17, 15) is 0 Å². The highest BCUT2D eigenvalue weighted by Crippen LogP contribution is 2.58. The van der Waals surface area contributed by atoms with Gasteiger partial charge in [-0.25, -0.2) is 4.39 Å². The Morgan fingerprint density at radius 2 is 1.11 bits per heavy atom. The summed E-state index contributed by atoms with van der Waals surface area (Å²) in [5, 5.41) is 3.88. The summed E-state index contributed by atoms with van der Waals surface area (Å²) in [6.45, 7) is 10.8. The first-order chi connectivity index (χ1) is 16.6. The van der Waals surface area contributed by atoms with Gasteiger partial charge in [0, 0.05) is 0 Å². The fraction of sp³-hybridized carbons (Fsp3) is 0.226. The van der Waals surface area contributed by atoms with Crippen molar-refractivity contribution in [2.75, 3.05) is 0 Å². The second-order valence-electron chi connectivity index (χ2n) is 10.6. The normalized spacial score (nSPS) is 12.4. The monoisotopic (exact) mass is 501 g/mol. The maximum absolute atomic E-state index is 15.5. The minimum atomic E-state index is -2.13. The van der Waals surface area contributed by atoms with Crippen molar-refractivity contribution in [2.45, 2.75) is 45.1 Å². The molecule has 0 aliphatic heterocycles. The van der Waals surface area contributed by atoms with Crippen LogP contribution in [0.5, 0.6) is 5.75 Å². The Hall–Kier alpha value is -2.74. The van der Waals surface area contributed by atoms with Crippen molar-refractivity contribution in [2.24, 2.45) is 0 Å². The van der Waals surface area contributed by atoms with Crippen LogP contribution in [-0.4, -0.2) is 8.32 Å². The summed E-state index contributed by atoms with van der Waals surface area (Å²) in [6.07, 6.45) is 0.738. The molecule has 0 N–H and O–H groups in total. The number of rotatable bonds is 7. The third kappa shape index (κ3) is 5.27. The zero-order valence-electron chi connectivity index (χ0n) is 21.3. The van der Waals surface area contributed by atoms with Crippen LogP contribution in [0.15, 0.2) is 109 Å². The molecule has 0 amide bonds. The van der Waals surface area contributed by atoms with E-state index in [0.717, 1.165) is 11.7 Å². The molecular weight excluding hydrogens is 466 g/mol. The number of hydrogen-bond donors (Lipinski definition) is 0. The summed E-state index contributed by atoms with van der Waals surface area (Å²) in [5.74, 6) is 0.0861. The summed E-state index contributed by atoms with van der Waals surface area (Å²) in [7, 11) is -4.21. The molecule has 0 saturated heterocycles. The van der Waals surface area contributed by atoms with Gasteiger partial charge >= 0.3 is 0 Å². The van der Waals surface area contributed by atoms with Gasteiger partial charge in [0.2, 0.25) is 0 Å². The maximum atomic E-state index is 15.5. The van der Waals surface area contributed by atoms with Crippen LogP contribution in [0.3, 0.4) is 0 Å². The fourth-order valence-corrected chi connectivity index (χ4v) is 9.45. The average molecular weight is 502 g/mol. The molecule has 4 rings (SSSR count). The van der Waals surface area contributed by atoms with E-state index in [1.807, 2.05) is 6.07 Å². The largest absolute Gasteiger partial charge is 0.542 e. The van der Waals surface area contributed by atoms with Crippen molar-refractivity contribution >= 4 is 31.5 Å². The highest BCUT2D eigenvalue weighted by Gasteiger charge is 2.45. The third-order valence-corrected chi connectivity index (χ3v) is 15.9. The lowest BCUT2D eigenvalue weighted by molar-refractivity contribution is 0.456. The fourth-order valence-electron chi connectivity index (χ4n) is 4.20. The molecule has 4 heteroatoms. The molecule has 1 nitrogen and oxygen atoms in total. The van der Waals surface area contributed by atoms with Crippen LogP contribution >= 0.6 is 7.26 Å². The Balaban J connectivity index is 1.83. The quantitative estimate of drug-likeness (QED) is 0.186. The van der Waals surface area contributed by atoms with E-state index in [1.54, 1.807) is 6.07 Å². The van der Waals surface area contributed by atoms with Gasteiger partial charge in [-0.3, -0.25) is 0 Å². The predicted octanol–water partition coefficient (Wildman–Crippen LogP) is 7.70. The van der Waals surface area contributed by atoms with Gasteiger partial charge in [-0.2, -0.15) is 0 Å². The Labute approximate surface area is 211 Å². The molecule has 0 aromatic heterocycles. The van der Waals surface area contributed by atoms with Crippen LogP contribution < -0.4 is 20.3 Å². The van der Waals surface area contributed by atoms with Crippen molar-refractivity contribution in [3.63, 3.8) is 0 Å². The topological polar surface area (TPSA) is 9.23 Å². The molecule has 0 atom stereocenters. The Morgan fingerprint density at radius 1 is 0.686 bits per heavy atom. The smallest absolute Gasteiger partial charge is 0.250 e. The zero-order valence-corrected chi connectivity index (χ0v) is 23.2. The maximum Gasteiger partial charge on any atom is 0.250 e. The van der Waals surface area contributed by atoms with Crippen molar-refractivity contribution in [1.29, 1.82) is 0 Å². The van der Waals surface area contributed by atoms with Crippen LogP contribution in [0.1, 0.15) is 26.3 Å². The highest BCUT2D eigenvalue weighted by atomic mass is 31.2. The van der Waals surface area contributed by atoms with Crippen molar-refractivity contribution in [3.8, 4) is 5.75 Å². The molecular formula is C31H35FOPSi+. The van der Waals surface area contributed by atoms with E-state index >= 15 is 4.39 Å². The standard InChI is InChI=1S/C31H35FOPSi/c1-31(2,3)35(4,5)33-30-22-21-25(23-29(30)32)24-34(26-15-9-6-10-16-26,27-17-11-7-12-18-27)28-19-13-8-14-20-28/h6-23H,24H2,1-5H3/q+1. The van der Waals surface area contributed by atoms with Gasteiger partial charge < -0.3 is 4.43 Å².